The number of aryl methyl sites for hydroxylation is 1. The number of rotatable bonds is 8. The summed E-state index contributed by atoms with van der Waals surface area (Å²) in [6, 6.07) is 15.1. The molecule has 1 heterocycles. The van der Waals surface area contributed by atoms with Gasteiger partial charge in [0.2, 0.25) is 5.91 Å². The maximum absolute atomic E-state index is 13.1. The van der Waals surface area contributed by atoms with E-state index in [2.05, 4.69) is 5.32 Å². The Hall–Kier alpha value is -4.01. The molecule has 0 atom stereocenters. The number of nitro groups is 1. The van der Waals surface area contributed by atoms with Crippen LogP contribution in [0.25, 0.3) is 5.69 Å². The summed E-state index contributed by atoms with van der Waals surface area (Å²) >= 11 is 0. The Morgan fingerprint density at radius 2 is 1.80 bits per heavy atom. The smallest absolute Gasteiger partial charge is 0.269 e. The minimum absolute atomic E-state index is 0.0969. The number of hydrogen-bond acceptors (Lipinski definition) is 5. The van der Waals surface area contributed by atoms with Crippen LogP contribution >= 0.6 is 0 Å². The van der Waals surface area contributed by atoms with Gasteiger partial charge >= 0.3 is 0 Å². The van der Waals surface area contributed by atoms with Crippen LogP contribution in [0.2, 0.25) is 0 Å². The van der Waals surface area contributed by atoms with Crippen LogP contribution in [0.4, 0.5) is 11.5 Å². The Kier molecular flexibility index (Phi) is 7.68. The Balaban J connectivity index is 1.84. The molecule has 2 amide bonds. The van der Waals surface area contributed by atoms with E-state index in [0.29, 0.717) is 18.8 Å². The van der Waals surface area contributed by atoms with Crippen molar-refractivity contribution in [2.75, 3.05) is 18.4 Å². The second kappa shape index (κ2) is 10.5. The molecule has 0 fully saturated rings. The molecule has 0 radical (unpaired) electrons. The third-order valence-corrected chi connectivity index (χ3v) is 5.43. The molecule has 184 valence electrons. The van der Waals surface area contributed by atoms with E-state index in [1.807, 2.05) is 65.0 Å². The summed E-state index contributed by atoms with van der Waals surface area (Å²) in [5, 5.41) is 18.6. The first kappa shape index (κ1) is 25.6. The van der Waals surface area contributed by atoms with Crippen molar-refractivity contribution >= 4 is 23.3 Å². The van der Waals surface area contributed by atoms with Gasteiger partial charge in [-0.15, -0.1) is 0 Å². The summed E-state index contributed by atoms with van der Waals surface area (Å²) < 4.78 is 1.70. The van der Waals surface area contributed by atoms with Gasteiger partial charge in [-0.05, 0) is 43.2 Å². The minimum Gasteiger partial charge on any atom is -0.329 e. The maximum atomic E-state index is 13.1. The van der Waals surface area contributed by atoms with Gasteiger partial charge in [-0.2, -0.15) is 5.10 Å². The van der Waals surface area contributed by atoms with E-state index in [4.69, 9.17) is 5.10 Å². The van der Waals surface area contributed by atoms with Gasteiger partial charge in [0.1, 0.15) is 12.4 Å². The van der Waals surface area contributed by atoms with Gasteiger partial charge in [0.05, 0.1) is 16.3 Å². The molecule has 0 bridgehead atoms. The molecule has 0 aliphatic rings. The molecule has 35 heavy (non-hydrogen) atoms. The number of amides is 2. The fourth-order valence-electron chi connectivity index (χ4n) is 3.58. The first-order valence-electron chi connectivity index (χ1n) is 11.5. The predicted octanol–water partition coefficient (Wildman–Crippen LogP) is 4.88. The van der Waals surface area contributed by atoms with Gasteiger partial charge < -0.3 is 10.2 Å². The quantitative estimate of drug-likeness (QED) is 0.367. The van der Waals surface area contributed by atoms with E-state index in [0.717, 1.165) is 16.9 Å². The second-order valence-corrected chi connectivity index (χ2v) is 9.49. The third-order valence-electron chi connectivity index (χ3n) is 5.43. The normalized spacial score (nSPS) is 11.2. The van der Waals surface area contributed by atoms with Gasteiger partial charge in [-0.3, -0.25) is 19.7 Å². The highest BCUT2D eigenvalue weighted by Gasteiger charge is 2.23. The first-order valence-corrected chi connectivity index (χ1v) is 11.5. The number of nitrogens with zero attached hydrogens (tertiary/aromatic N) is 4. The van der Waals surface area contributed by atoms with Crippen LogP contribution in [0.15, 0.2) is 54.6 Å². The van der Waals surface area contributed by atoms with Crippen LogP contribution < -0.4 is 5.32 Å². The summed E-state index contributed by atoms with van der Waals surface area (Å²) in [5.74, 6) is -0.202. The Bertz CT molecular complexity index is 1230. The number of benzene rings is 2. The van der Waals surface area contributed by atoms with E-state index in [-0.39, 0.29) is 35.0 Å². The number of non-ortho nitro benzene ring substituents is 1. The van der Waals surface area contributed by atoms with E-state index >= 15 is 0 Å². The fraction of sp³-hybridized carbons (Fsp3) is 0.346. The average Bonchev–Trinajstić information content (AvgIpc) is 3.22. The van der Waals surface area contributed by atoms with Crippen molar-refractivity contribution in [1.29, 1.82) is 0 Å². The summed E-state index contributed by atoms with van der Waals surface area (Å²) in [4.78, 5) is 37.9. The lowest BCUT2D eigenvalue weighted by atomic mass is 9.92. The number of carbonyl (C=O) groups excluding carboxylic acids is 2. The van der Waals surface area contributed by atoms with Crippen molar-refractivity contribution in [3.05, 3.63) is 81.5 Å². The van der Waals surface area contributed by atoms with Crippen LogP contribution in [0, 0.1) is 17.0 Å². The van der Waals surface area contributed by atoms with Crippen LogP contribution in [0.3, 0.4) is 0 Å². The van der Waals surface area contributed by atoms with Gasteiger partial charge in [-0.1, -0.05) is 39.8 Å². The van der Waals surface area contributed by atoms with Crippen LogP contribution in [-0.4, -0.2) is 44.5 Å². The summed E-state index contributed by atoms with van der Waals surface area (Å²) in [6.45, 7) is 10.3. The molecular weight excluding hydrogens is 446 g/mol. The average molecular weight is 478 g/mol. The van der Waals surface area contributed by atoms with E-state index in [9.17, 15) is 19.7 Å². The molecule has 0 aliphatic heterocycles. The SMILES string of the molecule is CCCN(CC(=O)Nc1cc(C(C)(C)C)nn1-c1cccc(C)c1)C(=O)c1ccc([N+](=O)[O-])cc1. The van der Waals surface area contributed by atoms with Crippen molar-refractivity contribution in [3.8, 4) is 5.69 Å². The summed E-state index contributed by atoms with van der Waals surface area (Å²) in [5.41, 5.74) is 2.67. The topological polar surface area (TPSA) is 110 Å². The minimum atomic E-state index is -0.519. The Morgan fingerprint density at radius 3 is 2.37 bits per heavy atom. The lowest BCUT2D eigenvalue weighted by molar-refractivity contribution is -0.384. The number of nitrogens with one attached hydrogen (secondary N) is 1. The van der Waals surface area contributed by atoms with Crippen LogP contribution in [0.5, 0.6) is 0 Å². The molecule has 0 aliphatic carbocycles. The van der Waals surface area contributed by atoms with Crippen molar-refractivity contribution < 1.29 is 14.5 Å². The van der Waals surface area contributed by atoms with Crippen molar-refractivity contribution in [2.24, 2.45) is 0 Å². The van der Waals surface area contributed by atoms with Crippen molar-refractivity contribution in [3.63, 3.8) is 0 Å². The number of carbonyl (C=O) groups is 2. The molecule has 3 rings (SSSR count). The second-order valence-electron chi connectivity index (χ2n) is 9.49. The lowest BCUT2D eigenvalue weighted by Gasteiger charge is -2.21. The molecule has 0 saturated heterocycles. The zero-order chi connectivity index (χ0) is 25.8. The van der Waals surface area contributed by atoms with Crippen LogP contribution in [-0.2, 0) is 10.2 Å². The zero-order valence-corrected chi connectivity index (χ0v) is 20.7. The van der Waals surface area contributed by atoms with Gasteiger partial charge in [0, 0.05) is 35.7 Å². The first-order chi connectivity index (χ1) is 16.5. The molecule has 3 aromatic rings. The van der Waals surface area contributed by atoms with E-state index in [1.165, 1.54) is 29.2 Å². The Labute approximate surface area is 204 Å². The molecule has 9 heteroatoms. The predicted molar refractivity (Wildman–Crippen MR) is 135 cm³/mol. The summed E-state index contributed by atoms with van der Waals surface area (Å²) in [7, 11) is 0. The van der Waals surface area contributed by atoms with Gasteiger partial charge in [-0.25, -0.2) is 4.68 Å². The molecule has 2 aromatic carbocycles. The molecule has 9 nitrogen and oxygen atoms in total. The Morgan fingerprint density at radius 1 is 1.11 bits per heavy atom. The standard InChI is InChI=1S/C26H31N5O4/c1-6-14-29(25(33)19-10-12-20(13-11-19)31(34)35)17-24(32)27-23-16-22(26(3,4)5)28-30(23)21-9-7-8-18(2)15-21/h7-13,15-16H,6,14,17H2,1-5H3,(H,27,32). The number of aromatic nitrogens is 2. The third kappa shape index (κ3) is 6.32. The van der Waals surface area contributed by atoms with Crippen molar-refractivity contribution in [1.82, 2.24) is 14.7 Å². The monoisotopic (exact) mass is 477 g/mol. The summed E-state index contributed by atoms with van der Waals surface area (Å²) in [6.07, 6.45) is 0.654. The van der Waals surface area contributed by atoms with Crippen molar-refractivity contribution in [2.45, 2.75) is 46.5 Å². The highest BCUT2D eigenvalue weighted by atomic mass is 16.6. The van der Waals surface area contributed by atoms with E-state index < -0.39 is 4.92 Å². The van der Waals surface area contributed by atoms with Crippen LogP contribution in [0.1, 0.15) is 55.7 Å². The number of anilines is 1. The molecule has 0 saturated carbocycles. The molecule has 0 spiro atoms. The molecule has 0 unspecified atom stereocenters. The van der Waals surface area contributed by atoms with Gasteiger partial charge in [0.25, 0.3) is 11.6 Å². The molecule has 1 N–H and O–H groups in total. The fourth-order valence-corrected chi connectivity index (χ4v) is 3.58. The lowest BCUT2D eigenvalue weighted by Crippen LogP contribution is -2.38. The zero-order valence-electron chi connectivity index (χ0n) is 20.7. The molecule has 1 aromatic heterocycles. The highest BCUT2D eigenvalue weighted by Crippen LogP contribution is 2.26. The number of hydrogen-bond donors (Lipinski definition) is 1. The largest absolute Gasteiger partial charge is 0.329 e. The highest BCUT2D eigenvalue weighted by molar-refractivity contribution is 5.99. The number of nitro benzene ring substituents is 1. The molecular formula is C26H31N5O4. The van der Waals surface area contributed by atoms with E-state index in [1.54, 1.807) is 4.68 Å². The maximum Gasteiger partial charge on any atom is 0.269 e. The van der Waals surface area contributed by atoms with Gasteiger partial charge in [0.15, 0.2) is 0 Å².